The second-order valence-electron chi connectivity index (χ2n) is 4.52. The molecule has 0 aromatic rings. The third-order valence-corrected chi connectivity index (χ3v) is 4.30. The Balaban J connectivity index is 2.07. The predicted molar refractivity (Wildman–Crippen MR) is 38.7 cm³/mol. The maximum Gasteiger partial charge on any atom is 0.0900 e. The number of epoxide rings is 1. The molecule has 10 heavy (non-hydrogen) atoms. The van der Waals surface area contributed by atoms with E-state index in [2.05, 4.69) is 13.8 Å². The van der Waals surface area contributed by atoms with Gasteiger partial charge in [-0.3, -0.25) is 0 Å². The second kappa shape index (κ2) is 1.29. The van der Waals surface area contributed by atoms with Gasteiger partial charge in [0.1, 0.15) is 0 Å². The zero-order valence-electron chi connectivity index (χ0n) is 6.63. The van der Waals surface area contributed by atoms with Crippen LogP contribution in [0.2, 0.25) is 0 Å². The van der Waals surface area contributed by atoms with Gasteiger partial charge in [0.05, 0.1) is 12.2 Å². The van der Waals surface area contributed by atoms with E-state index in [-0.39, 0.29) is 0 Å². The van der Waals surface area contributed by atoms with Gasteiger partial charge in [-0.05, 0) is 30.1 Å². The van der Waals surface area contributed by atoms with Crippen molar-refractivity contribution in [1.82, 2.24) is 0 Å². The predicted octanol–water partition coefficient (Wildman–Crippen LogP) is 1.82. The van der Waals surface area contributed by atoms with Gasteiger partial charge in [-0.1, -0.05) is 13.8 Å². The Labute approximate surface area is 61.8 Å². The van der Waals surface area contributed by atoms with Gasteiger partial charge in [0.15, 0.2) is 0 Å². The molecule has 1 heteroatoms. The summed E-state index contributed by atoms with van der Waals surface area (Å²) in [6.07, 6.45) is 4.20. The first-order valence-electron chi connectivity index (χ1n) is 4.39. The SMILES string of the molecule is CC1C2CCC1(C)C1OC21. The van der Waals surface area contributed by atoms with Gasteiger partial charge < -0.3 is 4.74 Å². The van der Waals surface area contributed by atoms with E-state index in [0.717, 1.165) is 11.8 Å². The third-order valence-electron chi connectivity index (χ3n) is 4.30. The molecular formula is C9H14O. The van der Waals surface area contributed by atoms with Gasteiger partial charge in [-0.2, -0.15) is 0 Å². The fourth-order valence-electron chi connectivity index (χ4n) is 3.27. The van der Waals surface area contributed by atoms with Crippen LogP contribution in [-0.2, 0) is 4.74 Å². The van der Waals surface area contributed by atoms with E-state index in [0.29, 0.717) is 17.6 Å². The number of hydrogen-bond acceptors (Lipinski definition) is 1. The Kier molecular flexibility index (Phi) is 0.722. The molecule has 2 saturated carbocycles. The van der Waals surface area contributed by atoms with E-state index in [4.69, 9.17) is 4.74 Å². The fraction of sp³-hybridized carbons (Fsp3) is 1.00. The minimum Gasteiger partial charge on any atom is -0.369 e. The first-order chi connectivity index (χ1) is 4.73. The van der Waals surface area contributed by atoms with Gasteiger partial charge in [0.25, 0.3) is 0 Å². The Morgan fingerprint density at radius 3 is 2.70 bits per heavy atom. The summed E-state index contributed by atoms with van der Waals surface area (Å²) in [7, 11) is 0. The summed E-state index contributed by atoms with van der Waals surface area (Å²) in [6, 6.07) is 0. The first-order valence-corrected chi connectivity index (χ1v) is 4.39. The van der Waals surface area contributed by atoms with Gasteiger partial charge in [-0.15, -0.1) is 0 Å². The summed E-state index contributed by atoms with van der Waals surface area (Å²) >= 11 is 0. The lowest BCUT2D eigenvalue weighted by Crippen LogP contribution is -2.23. The molecule has 0 spiro atoms. The maximum atomic E-state index is 5.61. The van der Waals surface area contributed by atoms with Crippen LogP contribution >= 0.6 is 0 Å². The lowest BCUT2D eigenvalue weighted by molar-refractivity contribution is 0.134. The molecule has 0 N–H and O–H groups in total. The molecule has 5 unspecified atom stereocenters. The molecule has 1 saturated heterocycles. The van der Waals surface area contributed by atoms with Gasteiger partial charge in [0.2, 0.25) is 0 Å². The second-order valence-corrected chi connectivity index (χ2v) is 4.52. The summed E-state index contributed by atoms with van der Waals surface area (Å²) in [5, 5.41) is 0. The molecule has 5 atom stereocenters. The van der Waals surface area contributed by atoms with Crippen LogP contribution in [0.25, 0.3) is 0 Å². The molecule has 1 nitrogen and oxygen atoms in total. The van der Waals surface area contributed by atoms with Crippen LogP contribution in [0.4, 0.5) is 0 Å². The minimum absolute atomic E-state index is 0.579. The average molecular weight is 138 g/mol. The zero-order valence-corrected chi connectivity index (χ0v) is 6.63. The Morgan fingerprint density at radius 2 is 2.30 bits per heavy atom. The van der Waals surface area contributed by atoms with E-state index < -0.39 is 0 Å². The number of rotatable bonds is 0. The van der Waals surface area contributed by atoms with Crippen molar-refractivity contribution >= 4 is 0 Å². The number of ether oxygens (including phenoxy) is 1. The van der Waals surface area contributed by atoms with Crippen molar-refractivity contribution in [2.45, 2.75) is 38.9 Å². The van der Waals surface area contributed by atoms with Crippen LogP contribution in [-0.4, -0.2) is 12.2 Å². The van der Waals surface area contributed by atoms with Crippen molar-refractivity contribution in [2.75, 3.05) is 0 Å². The molecule has 1 heterocycles. The fourth-order valence-corrected chi connectivity index (χ4v) is 3.27. The molecule has 2 aliphatic carbocycles. The maximum absolute atomic E-state index is 5.61. The van der Waals surface area contributed by atoms with E-state index in [1.807, 2.05) is 0 Å². The van der Waals surface area contributed by atoms with E-state index in [9.17, 15) is 0 Å². The van der Waals surface area contributed by atoms with Crippen LogP contribution in [0.3, 0.4) is 0 Å². The van der Waals surface area contributed by atoms with E-state index in [1.54, 1.807) is 0 Å². The van der Waals surface area contributed by atoms with Gasteiger partial charge in [-0.25, -0.2) is 0 Å². The molecule has 1 aliphatic heterocycles. The molecule has 3 rings (SSSR count). The van der Waals surface area contributed by atoms with Gasteiger partial charge in [0, 0.05) is 0 Å². The normalized spacial score (nSPS) is 70.2. The topological polar surface area (TPSA) is 12.5 Å². The van der Waals surface area contributed by atoms with E-state index in [1.165, 1.54) is 12.8 Å². The minimum atomic E-state index is 0.579. The molecule has 3 fully saturated rings. The molecule has 56 valence electrons. The number of fused-ring (bicyclic) bond motifs is 5. The first kappa shape index (κ1) is 5.59. The molecule has 2 bridgehead atoms. The lowest BCUT2D eigenvalue weighted by atomic mass is 9.81. The quantitative estimate of drug-likeness (QED) is 0.465. The van der Waals surface area contributed by atoms with Crippen molar-refractivity contribution in [1.29, 1.82) is 0 Å². The largest absolute Gasteiger partial charge is 0.369 e. The van der Waals surface area contributed by atoms with Crippen molar-refractivity contribution in [3.05, 3.63) is 0 Å². The Morgan fingerprint density at radius 1 is 1.50 bits per heavy atom. The smallest absolute Gasteiger partial charge is 0.0900 e. The number of hydrogen-bond donors (Lipinski definition) is 0. The third kappa shape index (κ3) is 0.378. The highest BCUT2D eigenvalue weighted by Gasteiger charge is 2.69. The Hall–Kier alpha value is -0.0400. The standard InChI is InChI=1S/C9H14O/c1-5-6-3-4-9(5,2)8-7(6)10-8/h5-8H,3-4H2,1-2H3. The van der Waals surface area contributed by atoms with Crippen LogP contribution in [0, 0.1) is 17.3 Å². The lowest BCUT2D eigenvalue weighted by Gasteiger charge is -2.24. The van der Waals surface area contributed by atoms with Crippen LogP contribution < -0.4 is 0 Å². The highest BCUT2D eigenvalue weighted by molar-refractivity contribution is 5.16. The molecular weight excluding hydrogens is 124 g/mol. The highest BCUT2D eigenvalue weighted by atomic mass is 16.6. The molecule has 0 aromatic heterocycles. The van der Waals surface area contributed by atoms with E-state index >= 15 is 0 Å². The summed E-state index contributed by atoms with van der Waals surface area (Å²) in [4.78, 5) is 0. The summed E-state index contributed by atoms with van der Waals surface area (Å²) < 4.78 is 5.61. The highest BCUT2D eigenvalue weighted by Crippen LogP contribution is 2.66. The van der Waals surface area contributed by atoms with Gasteiger partial charge >= 0.3 is 0 Å². The average Bonchev–Trinajstić information content (AvgIpc) is 2.60. The van der Waals surface area contributed by atoms with Crippen molar-refractivity contribution in [2.24, 2.45) is 17.3 Å². The molecule has 0 aromatic carbocycles. The summed E-state index contributed by atoms with van der Waals surface area (Å²) in [6.45, 7) is 4.82. The Bertz CT molecular complexity index is 189. The monoisotopic (exact) mass is 138 g/mol. The van der Waals surface area contributed by atoms with Crippen molar-refractivity contribution in [3.63, 3.8) is 0 Å². The van der Waals surface area contributed by atoms with Crippen LogP contribution in [0.1, 0.15) is 26.7 Å². The van der Waals surface area contributed by atoms with Crippen LogP contribution in [0.15, 0.2) is 0 Å². The summed E-state index contributed by atoms with van der Waals surface area (Å²) in [5.74, 6) is 1.87. The summed E-state index contributed by atoms with van der Waals surface area (Å²) in [5.41, 5.74) is 0.579. The van der Waals surface area contributed by atoms with Crippen molar-refractivity contribution < 1.29 is 4.74 Å². The van der Waals surface area contributed by atoms with Crippen molar-refractivity contribution in [3.8, 4) is 0 Å². The molecule has 3 aliphatic rings. The molecule has 0 amide bonds. The van der Waals surface area contributed by atoms with Crippen LogP contribution in [0.5, 0.6) is 0 Å². The zero-order chi connectivity index (χ0) is 6.93. The molecule has 0 radical (unpaired) electrons.